The number of hydrogen-bond donors (Lipinski definition) is 0. The highest BCUT2D eigenvalue weighted by atomic mass is 19.1. The first-order valence-corrected chi connectivity index (χ1v) is 20.1. The van der Waals surface area contributed by atoms with Gasteiger partial charge in [0.15, 0.2) is 0 Å². The molecule has 1 aliphatic rings. The van der Waals surface area contributed by atoms with Gasteiger partial charge in [-0.05, 0) is 105 Å². The van der Waals surface area contributed by atoms with Gasteiger partial charge in [-0.1, -0.05) is 147 Å². The van der Waals surface area contributed by atoms with Crippen LogP contribution in [-0.2, 0) is 5.41 Å². The van der Waals surface area contributed by atoms with Crippen LogP contribution in [0.3, 0.4) is 0 Å². The lowest BCUT2D eigenvalue weighted by Crippen LogP contribution is -2.16. The second kappa shape index (κ2) is 13.4. The quantitative estimate of drug-likeness (QED) is 0.160. The highest BCUT2D eigenvalue weighted by Gasteiger charge is 2.42. The van der Waals surface area contributed by atoms with Gasteiger partial charge in [-0.25, -0.2) is 8.78 Å². The molecule has 10 aromatic rings. The molecule has 0 fully saturated rings. The van der Waals surface area contributed by atoms with Crippen molar-refractivity contribution in [3.8, 4) is 67.3 Å². The van der Waals surface area contributed by atoms with Crippen LogP contribution in [0.1, 0.15) is 25.0 Å². The molecule has 11 rings (SSSR count). The van der Waals surface area contributed by atoms with E-state index in [1.807, 2.05) is 36.4 Å². The Morgan fingerprint density at radius 1 is 0.356 bits per heavy atom. The number of benzene rings is 8. The molecule has 0 bridgehead atoms. The molecule has 0 saturated carbocycles. The van der Waals surface area contributed by atoms with Crippen LogP contribution in [0.2, 0.25) is 0 Å². The summed E-state index contributed by atoms with van der Waals surface area (Å²) in [7, 11) is 0. The fourth-order valence-electron chi connectivity index (χ4n) is 9.86. The van der Waals surface area contributed by atoms with E-state index in [9.17, 15) is 8.78 Å². The normalized spacial score (nSPS) is 12.9. The summed E-state index contributed by atoms with van der Waals surface area (Å²) in [5, 5.41) is 2.35. The summed E-state index contributed by atoms with van der Waals surface area (Å²) in [4.78, 5) is 0. The van der Waals surface area contributed by atoms with E-state index in [1.165, 1.54) is 33.0 Å². The van der Waals surface area contributed by atoms with Gasteiger partial charge < -0.3 is 9.13 Å². The Balaban J connectivity index is 1.31. The molecule has 0 radical (unpaired) electrons. The minimum absolute atomic E-state index is 0.270. The van der Waals surface area contributed by atoms with Crippen LogP contribution in [0.15, 0.2) is 194 Å². The van der Waals surface area contributed by atoms with Crippen LogP contribution in [-0.4, -0.2) is 9.13 Å². The molecule has 0 amide bonds. The number of hydrogen-bond acceptors (Lipinski definition) is 0. The van der Waals surface area contributed by atoms with Gasteiger partial charge >= 0.3 is 0 Å². The van der Waals surface area contributed by atoms with Gasteiger partial charge in [0, 0.05) is 38.7 Å². The maximum Gasteiger partial charge on any atom is 0.123 e. The largest absolute Gasteiger partial charge is 0.309 e. The molecule has 0 N–H and O–H groups in total. The molecule has 0 atom stereocenters. The summed E-state index contributed by atoms with van der Waals surface area (Å²) in [6.07, 6.45) is 0. The molecular formula is C55H38F2N2. The summed E-state index contributed by atoms with van der Waals surface area (Å²) in [6, 6.07) is 65.2. The van der Waals surface area contributed by atoms with Crippen molar-refractivity contribution < 1.29 is 8.78 Å². The van der Waals surface area contributed by atoms with E-state index in [0.29, 0.717) is 0 Å². The van der Waals surface area contributed by atoms with Crippen molar-refractivity contribution in [2.45, 2.75) is 19.3 Å². The molecular weight excluding hydrogens is 727 g/mol. The maximum atomic E-state index is 14.6. The minimum Gasteiger partial charge on any atom is -0.309 e. The Morgan fingerprint density at radius 3 is 1.02 bits per heavy atom. The summed E-state index contributed by atoms with van der Waals surface area (Å²) >= 11 is 0. The average molecular weight is 765 g/mol. The van der Waals surface area contributed by atoms with Crippen molar-refractivity contribution in [1.82, 2.24) is 9.13 Å². The van der Waals surface area contributed by atoms with Crippen LogP contribution in [0.25, 0.3) is 89.1 Å². The lowest BCUT2D eigenvalue weighted by Gasteiger charge is -2.25. The number of fused-ring (bicyclic) bond motifs is 7. The van der Waals surface area contributed by atoms with E-state index in [-0.39, 0.29) is 11.6 Å². The third-order valence-corrected chi connectivity index (χ3v) is 12.2. The van der Waals surface area contributed by atoms with Crippen LogP contribution >= 0.6 is 0 Å². The first-order chi connectivity index (χ1) is 28.9. The van der Waals surface area contributed by atoms with E-state index >= 15 is 0 Å². The highest BCUT2D eigenvalue weighted by Crippen LogP contribution is 2.59. The lowest BCUT2D eigenvalue weighted by atomic mass is 9.77. The molecule has 4 heteroatoms. The summed E-state index contributed by atoms with van der Waals surface area (Å²) < 4.78 is 33.8. The van der Waals surface area contributed by atoms with E-state index in [2.05, 4.69) is 156 Å². The highest BCUT2D eigenvalue weighted by molar-refractivity contribution is 6.16. The lowest BCUT2D eigenvalue weighted by molar-refractivity contribution is 0.627. The molecule has 0 aliphatic heterocycles. The smallest absolute Gasteiger partial charge is 0.123 e. The molecule has 8 aromatic carbocycles. The molecule has 2 nitrogen and oxygen atoms in total. The standard InChI is InChI=1S/C55H38F2N2/c1-55(2)51-43(31-33-45-49(51)47(35-15-7-3-8-16-35)53(37-19-11-5-12-20-37)58(45)41-27-23-39(56)24-28-41)44-32-34-46-50(52(44)55)48(36-17-9-4-10-18-36)54(38-21-13-6-14-22-38)59(46)42-29-25-40(57)26-30-42/h3-34H,1-2H3. The van der Waals surface area contributed by atoms with Gasteiger partial charge in [0.2, 0.25) is 0 Å². The molecule has 2 heterocycles. The van der Waals surface area contributed by atoms with Gasteiger partial charge in [-0.15, -0.1) is 0 Å². The number of nitrogens with zero attached hydrogens (tertiary/aromatic N) is 2. The average Bonchev–Trinajstić information content (AvgIpc) is 3.89. The fraction of sp³-hybridized carbons (Fsp3) is 0.0545. The topological polar surface area (TPSA) is 9.86 Å². The summed E-state index contributed by atoms with van der Waals surface area (Å²) in [5.74, 6) is -0.541. The Hall–Kier alpha value is -7.30. The molecule has 282 valence electrons. The number of rotatable bonds is 6. The number of halogens is 2. The van der Waals surface area contributed by atoms with Gasteiger partial charge in [0.25, 0.3) is 0 Å². The summed E-state index contributed by atoms with van der Waals surface area (Å²) in [5.41, 5.74) is 17.1. The van der Waals surface area contributed by atoms with Gasteiger partial charge in [0.05, 0.1) is 22.4 Å². The molecule has 1 aliphatic carbocycles. The third-order valence-electron chi connectivity index (χ3n) is 12.2. The zero-order valence-electron chi connectivity index (χ0n) is 32.6. The first-order valence-electron chi connectivity index (χ1n) is 20.1. The van der Waals surface area contributed by atoms with Crippen molar-refractivity contribution >= 4 is 21.8 Å². The van der Waals surface area contributed by atoms with Gasteiger partial charge in [-0.3, -0.25) is 0 Å². The van der Waals surface area contributed by atoms with E-state index < -0.39 is 5.41 Å². The molecule has 0 unspecified atom stereocenters. The monoisotopic (exact) mass is 764 g/mol. The van der Waals surface area contributed by atoms with Crippen LogP contribution in [0, 0.1) is 11.6 Å². The van der Waals surface area contributed by atoms with Crippen LogP contribution < -0.4 is 0 Å². The van der Waals surface area contributed by atoms with Crippen LogP contribution in [0.4, 0.5) is 8.78 Å². The number of aromatic nitrogens is 2. The summed E-state index contributed by atoms with van der Waals surface area (Å²) in [6.45, 7) is 4.74. The van der Waals surface area contributed by atoms with Crippen LogP contribution in [0.5, 0.6) is 0 Å². The Kier molecular flexibility index (Phi) is 7.92. The van der Waals surface area contributed by atoms with Gasteiger partial charge in [-0.2, -0.15) is 0 Å². The molecule has 59 heavy (non-hydrogen) atoms. The van der Waals surface area contributed by atoms with E-state index in [4.69, 9.17) is 0 Å². The van der Waals surface area contributed by atoms with Crippen molar-refractivity contribution in [2.24, 2.45) is 0 Å². The SMILES string of the molecule is CC1(C)c2c(ccc3c2c(-c2ccccc2)c(-c2ccccc2)n3-c2ccc(F)cc2)-c2ccc3c(c(-c4ccccc4)c(-c4ccccc4)n3-c3ccc(F)cc3)c21. The zero-order chi connectivity index (χ0) is 39.8. The van der Waals surface area contributed by atoms with Gasteiger partial charge in [0.1, 0.15) is 11.6 Å². The zero-order valence-corrected chi connectivity index (χ0v) is 32.6. The molecule has 0 saturated heterocycles. The third kappa shape index (κ3) is 5.29. The fourth-order valence-corrected chi connectivity index (χ4v) is 9.86. The Labute approximate surface area is 341 Å². The molecule has 0 spiro atoms. The van der Waals surface area contributed by atoms with E-state index in [1.54, 1.807) is 24.3 Å². The predicted octanol–water partition coefficient (Wildman–Crippen LogP) is 14.8. The van der Waals surface area contributed by atoms with Crippen molar-refractivity contribution in [1.29, 1.82) is 0 Å². The first kappa shape index (κ1) is 34.9. The minimum atomic E-state index is -0.497. The molecule has 2 aromatic heterocycles. The van der Waals surface area contributed by atoms with E-state index in [0.717, 1.165) is 67.2 Å². The second-order valence-corrected chi connectivity index (χ2v) is 15.9. The van der Waals surface area contributed by atoms with Crippen molar-refractivity contribution in [2.75, 3.05) is 0 Å². The van der Waals surface area contributed by atoms with Crippen molar-refractivity contribution in [3.05, 3.63) is 217 Å². The Morgan fingerprint density at radius 2 is 0.678 bits per heavy atom. The predicted molar refractivity (Wildman–Crippen MR) is 239 cm³/mol. The Bertz CT molecular complexity index is 2980. The van der Waals surface area contributed by atoms with Crippen molar-refractivity contribution in [3.63, 3.8) is 0 Å². The maximum absolute atomic E-state index is 14.6. The second-order valence-electron chi connectivity index (χ2n) is 15.9.